The molecule has 2 aromatic heterocycles. The Balaban J connectivity index is 0.865. The fourth-order valence-corrected chi connectivity index (χ4v) is 10.9. The summed E-state index contributed by atoms with van der Waals surface area (Å²) in [6, 6.07) is 85.2. The van der Waals surface area contributed by atoms with E-state index in [2.05, 4.69) is 240 Å². The van der Waals surface area contributed by atoms with Crippen molar-refractivity contribution in [2.45, 2.75) is 0 Å². The van der Waals surface area contributed by atoms with Crippen LogP contribution in [0.25, 0.3) is 132 Å². The Bertz CT molecular complexity index is 4030. The molecule has 0 amide bonds. The lowest BCUT2D eigenvalue weighted by molar-refractivity contribution is 1.18. The molecule has 2 nitrogen and oxygen atoms in total. The summed E-state index contributed by atoms with van der Waals surface area (Å²) in [4.78, 5) is 0. The van der Waals surface area contributed by atoms with Crippen LogP contribution in [0, 0.1) is 0 Å². The first-order valence-corrected chi connectivity index (χ1v) is 22.2. The molecule has 296 valence electrons. The highest BCUT2D eigenvalue weighted by Crippen LogP contribution is 2.48. The van der Waals surface area contributed by atoms with Gasteiger partial charge in [0.05, 0.1) is 22.1 Å². The highest BCUT2D eigenvalue weighted by molar-refractivity contribution is 6.20. The second-order valence-electron chi connectivity index (χ2n) is 17.3. The Morgan fingerprint density at radius 1 is 0.234 bits per heavy atom. The van der Waals surface area contributed by atoms with Gasteiger partial charge >= 0.3 is 0 Å². The van der Waals surface area contributed by atoms with Crippen LogP contribution in [0.2, 0.25) is 0 Å². The fourth-order valence-electron chi connectivity index (χ4n) is 10.9. The minimum atomic E-state index is 1.15. The van der Waals surface area contributed by atoms with Gasteiger partial charge < -0.3 is 9.13 Å². The number of aromatic nitrogens is 2. The molecule has 0 spiro atoms. The second kappa shape index (κ2) is 13.5. The van der Waals surface area contributed by atoms with Crippen LogP contribution in [0.15, 0.2) is 231 Å². The molecule has 0 saturated carbocycles. The minimum absolute atomic E-state index is 1.15. The van der Waals surface area contributed by atoms with Gasteiger partial charge in [0.15, 0.2) is 0 Å². The van der Waals surface area contributed by atoms with Crippen molar-refractivity contribution in [1.82, 2.24) is 9.13 Å². The summed E-state index contributed by atoms with van der Waals surface area (Å²) < 4.78 is 4.88. The molecular formula is C62H38N2. The molecule has 0 saturated heterocycles. The van der Waals surface area contributed by atoms with Gasteiger partial charge in [0.1, 0.15) is 0 Å². The number of rotatable bonds is 5. The van der Waals surface area contributed by atoms with E-state index in [1.54, 1.807) is 0 Å². The highest BCUT2D eigenvalue weighted by atomic mass is 15.0. The third-order valence-electron chi connectivity index (χ3n) is 13.9. The van der Waals surface area contributed by atoms with Crippen molar-refractivity contribution in [1.29, 1.82) is 0 Å². The van der Waals surface area contributed by atoms with Crippen LogP contribution in [-0.4, -0.2) is 9.13 Å². The van der Waals surface area contributed by atoms with Crippen molar-refractivity contribution in [2.75, 3.05) is 0 Å². The fraction of sp³-hybridized carbons (Fsp3) is 0. The maximum atomic E-state index is 2.46. The van der Waals surface area contributed by atoms with Gasteiger partial charge in [-0.05, 0) is 132 Å². The Morgan fingerprint density at radius 3 is 1.50 bits per heavy atom. The van der Waals surface area contributed by atoms with Crippen LogP contribution in [0.3, 0.4) is 0 Å². The van der Waals surface area contributed by atoms with Crippen molar-refractivity contribution in [3.05, 3.63) is 231 Å². The normalized spacial score (nSPS) is 12.1. The molecule has 0 bridgehead atoms. The van der Waals surface area contributed by atoms with Gasteiger partial charge in [0.2, 0.25) is 0 Å². The highest BCUT2D eigenvalue weighted by Gasteiger charge is 2.22. The van der Waals surface area contributed by atoms with Gasteiger partial charge in [-0.1, -0.05) is 170 Å². The number of hydrogen-bond acceptors (Lipinski definition) is 0. The molecule has 0 atom stereocenters. The summed E-state index contributed by atoms with van der Waals surface area (Å²) in [6.45, 7) is 0. The number of nitrogens with zero attached hydrogens (tertiary/aromatic N) is 2. The molecule has 2 heteroatoms. The number of benzene rings is 11. The van der Waals surface area contributed by atoms with Crippen molar-refractivity contribution in [3.8, 4) is 67.0 Å². The van der Waals surface area contributed by atoms with Gasteiger partial charge in [-0.3, -0.25) is 0 Å². The Hall–Kier alpha value is -8.46. The van der Waals surface area contributed by atoms with Gasteiger partial charge in [0.25, 0.3) is 0 Å². The number of para-hydroxylation sites is 1. The van der Waals surface area contributed by atoms with Crippen LogP contribution in [0.4, 0.5) is 0 Å². The van der Waals surface area contributed by atoms with Crippen molar-refractivity contribution in [2.24, 2.45) is 0 Å². The summed E-state index contributed by atoms with van der Waals surface area (Å²) in [6.07, 6.45) is 0. The summed E-state index contributed by atoms with van der Waals surface area (Å²) in [5.41, 5.74) is 19.7. The molecular weight excluding hydrogens is 773 g/mol. The monoisotopic (exact) mass is 810 g/mol. The Labute approximate surface area is 370 Å². The molecule has 0 fully saturated rings. The zero-order chi connectivity index (χ0) is 41.9. The van der Waals surface area contributed by atoms with Gasteiger partial charge in [-0.25, -0.2) is 0 Å². The third kappa shape index (κ3) is 5.14. The molecule has 0 unspecified atom stereocenters. The topological polar surface area (TPSA) is 9.86 Å². The molecule has 64 heavy (non-hydrogen) atoms. The third-order valence-corrected chi connectivity index (χ3v) is 13.9. The average Bonchev–Trinajstić information content (AvgIpc) is 4.00. The number of hydrogen-bond donors (Lipinski definition) is 0. The molecule has 13 aromatic rings. The first-order chi connectivity index (χ1) is 31.7. The average molecular weight is 811 g/mol. The van der Waals surface area contributed by atoms with Crippen LogP contribution in [0.5, 0.6) is 0 Å². The maximum Gasteiger partial charge on any atom is 0.0619 e. The molecule has 0 radical (unpaired) electrons. The lowest BCUT2D eigenvalue weighted by Gasteiger charge is -2.12. The van der Waals surface area contributed by atoms with Crippen LogP contribution in [-0.2, 0) is 0 Å². The van der Waals surface area contributed by atoms with E-state index in [-0.39, 0.29) is 0 Å². The zero-order valence-corrected chi connectivity index (χ0v) is 34.8. The van der Waals surface area contributed by atoms with E-state index in [1.165, 1.54) is 121 Å². The van der Waals surface area contributed by atoms with E-state index in [4.69, 9.17) is 0 Å². The van der Waals surface area contributed by atoms with Gasteiger partial charge in [0, 0.05) is 38.3 Å². The molecule has 1 aliphatic rings. The van der Waals surface area contributed by atoms with E-state index in [1.807, 2.05) is 0 Å². The predicted octanol–water partition coefficient (Wildman–Crippen LogP) is 16.8. The molecule has 11 aromatic carbocycles. The smallest absolute Gasteiger partial charge is 0.0619 e. The number of fused-ring (bicyclic) bond motifs is 11. The Kier molecular flexibility index (Phi) is 7.43. The van der Waals surface area contributed by atoms with Crippen molar-refractivity contribution >= 4 is 65.2 Å². The summed E-state index contributed by atoms with van der Waals surface area (Å²) in [7, 11) is 0. The van der Waals surface area contributed by atoms with Crippen LogP contribution >= 0.6 is 0 Å². The van der Waals surface area contributed by atoms with E-state index in [0.717, 1.165) is 11.4 Å². The summed E-state index contributed by atoms with van der Waals surface area (Å²) in [5, 5.41) is 10.2. The standard InChI is InChI=1S/C62H38N2/c1-2-10-39(11-3-1)40-20-30-48(31-21-40)64-60-35-27-46(38-57(60)54-33-24-42-12-4-5-15-49(42)62(54)64)45-26-34-59-56(37-45)51-16-6-7-19-58(51)63(59)47-28-22-41(23-29-47)44-25-32-50-52-17-8-13-43-14-9-18-53(61(43)52)55(50)36-44/h1-38H. The summed E-state index contributed by atoms with van der Waals surface area (Å²) in [5.74, 6) is 0. The van der Waals surface area contributed by atoms with Gasteiger partial charge in [-0.15, -0.1) is 0 Å². The molecule has 1 aliphatic carbocycles. The SMILES string of the molecule is c1ccc(-c2ccc(-n3c4ccc(-c5ccc6c(c5)c5ccccc5n6-c5ccc(-c6ccc7c(c6)-c6cccc8cccc-7c68)cc5)cc4c4ccc5ccccc5c43)cc2)cc1. The molecule has 0 aliphatic heterocycles. The Morgan fingerprint density at radius 2 is 0.750 bits per heavy atom. The van der Waals surface area contributed by atoms with Crippen LogP contribution in [0.1, 0.15) is 0 Å². The van der Waals surface area contributed by atoms with Crippen molar-refractivity contribution < 1.29 is 0 Å². The van der Waals surface area contributed by atoms with E-state index in [0.29, 0.717) is 0 Å². The zero-order valence-electron chi connectivity index (χ0n) is 34.8. The van der Waals surface area contributed by atoms with E-state index < -0.39 is 0 Å². The lowest BCUT2D eigenvalue weighted by atomic mass is 9.97. The lowest BCUT2D eigenvalue weighted by Crippen LogP contribution is -1.94. The largest absolute Gasteiger partial charge is 0.309 e. The van der Waals surface area contributed by atoms with E-state index in [9.17, 15) is 0 Å². The molecule has 0 N–H and O–H groups in total. The molecule has 14 rings (SSSR count). The second-order valence-corrected chi connectivity index (χ2v) is 17.3. The predicted molar refractivity (Wildman–Crippen MR) is 271 cm³/mol. The molecule has 2 heterocycles. The van der Waals surface area contributed by atoms with Crippen LogP contribution < -0.4 is 0 Å². The first kappa shape index (κ1) is 35.2. The quantitative estimate of drug-likeness (QED) is 0.164. The first-order valence-electron chi connectivity index (χ1n) is 22.2. The minimum Gasteiger partial charge on any atom is -0.309 e. The maximum absolute atomic E-state index is 2.46. The van der Waals surface area contributed by atoms with Gasteiger partial charge in [-0.2, -0.15) is 0 Å². The summed E-state index contributed by atoms with van der Waals surface area (Å²) >= 11 is 0. The van der Waals surface area contributed by atoms with E-state index >= 15 is 0 Å². The van der Waals surface area contributed by atoms with Crippen molar-refractivity contribution in [3.63, 3.8) is 0 Å².